The van der Waals surface area contributed by atoms with E-state index >= 15 is 0 Å². The van der Waals surface area contributed by atoms with Gasteiger partial charge in [0.25, 0.3) is 0 Å². The maximum Gasteiger partial charge on any atom is 0.336 e. The number of sulfonamides is 1. The first-order chi connectivity index (χ1) is 13.3. The number of carbonyl (C=O) groups is 1. The molecule has 3 aromatic rings. The van der Waals surface area contributed by atoms with Crippen molar-refractivity contribution in [3.8, 4) is 0 Å². The highest BCUT2D eigenvalue weighted by atomic mass is 79.9. The first-order valence-electron chi connectivity index (χ1n) is 8.22. The molecule has 0 fully saturated rings. The van der Waals surface area contributed by atoms with Crippen LogP contribution in [0.3, 0.4) is 0 Å². The van der Waals surface area contributed by atoms with Gasteiger partial charge >= 0.3 is 11.6 Å². The number of esters is 1. The second kappa shape index (κ2) is 8.26. The molecule has 0 amide bonds. The first kappa shape index (κ1) is 20.2. The van der Waals surface area contributed by atoms with Crippen LogP contribution in [0.4, 0.5) is 0 Å². The van der Waals surface area contributed by atoms with Crippen molar-refractivity contribution in [1.82, 2.24) is 4.72 Å². The van der Waals surface area contributed by atoms with Crippen molar-refractivity contribution in [2.45, 2.75) is 24.5 Å². The Hall–Kier alpha value is -2.49. The molecule has 0 aliphatic heterocycles. The Morgan fingerprint density at radius 2 is 1.89 bits per heavy atom. The predicted octanol–water partition coefficient (Wildman–Crippen LogP) is 2.97. The Morgan fingerprint density at radius 3 is 2.61 bits per heavy atom. The summed E-state index contributed by atoms with van der Waals surface area (Å²) in [7, 11) is -3.85. The van der Waals surface area contributed by atoms with Gasteiger partial charge in [-0.05, 0) is 37.3 Å². The number of carbonyl (C=O) groups excluding carboxylic acids is 1. The van der Waals surface area contributed by atoms with Gasteiger partial charge in [0.05, 0.1) is 4.90 Å². The third kappa shape index (κ3) is 4.67. The molecule has 1 aromatic heterocycles. The van der Waals surface area contributed by atoms with E-state index in [0.29, 0.717) is 16.5 Å². The number of nitrogens with one attached hydrogen (secondary N) is 1. The van der Waals surface area contributed by atoms with Crippen molar-refractivity contribution >= 4 is 42.9 Å². The molecular formula is C19H16BrNO6S. The minimum atomic E-state index is -3.85. The molecule has 0 aliphatic carbocycles. The Labute approximate surface area is 169 Å². The molecule has 1 heterocycles. The largest absolute Gasteiger partial charge is 0.460 e. The lowest BCUT2D eigenvalue weighted by Crippen LogP contribution is -2.39. The van der Waals surface area contributed by atoms with Crippen molar-refractivity contribution in [2.75, 3.05) is 0 Å². The maximum absolute atomic E-state index is 12.3. The van der Waals surface area contributed by atoms with Gasteiger partial charge < -0.3 is 9.15 Å². The highest BCUT2D eigenvalue weighted by molar-refractivity contribution is 9.10. The number of hydrogen-bond acceptors (Lipinski definition) is 6. The smallest absolute Gasteiger partial charge is 0.336 e. The third-order valence-corrected chi connectivity index (χ3v) is 5.95. The van der Waals surface area contributed by atoms with Crippen LogP contribution in [0.5, 0.6) is 0 Å². The number of rotatable bonds is 6. The molecule has 3 rings (SSSR count). The minimum Gasteiger partial charge on any atom is -0.460 e. The lowest BCUT2D eigenvalue weighted by Gasteiger charge is -2.14. The van der Waals surface area contributed by atoms with Crippen LogP contribution in [0.25, 0.3) is 11.0 Å². The van der Waals surface area contributed by atoms with E-state index in [2.05, 4.69) is 20.7 Å². The van der Waals surface area contributed by atoms with Crippen molar-refractivity contribution in [3.05, 3.63) is 75.1 Å². The van der Waals surface area contributed by atoms with Crippen LogP contribution in [0.1, 0.15) is 12.5 Å². The van der Waals surface area contributed by atoms with Crippen LogP contribution in [-0.4, -0.2) is 20.4 Å². The van der Waals surface area contributed by atoms with Gasteiger partial charge in [-0.15, -0.1) is 0 Å². The van der Waals surface area contributed by atoms with Gasteiger partial charge in [-0.1, -0.05) is 34.1 Å². The topological polar surface area (TPSA) is 103 Å². The van der Waals surface area contributed by atoms with Gasteiger partial charge in [-0.2, -0.15) is 4.72 Å². The normalized spacial score (nSPS) is 12.6. The summed E-state index contributed by atoms with van der Waals surface area (Å²) < 4.78 is 37.9. The fourth-order valence-corrected chi connectivity index (χ4v) is 4.10. The second-order valence-corrected chi connectivity index (χ2v) is 8.62. The van der Waals surface area contributed by atoms with Crippen molar-refractivity contribution in [1.29, 1.82) is 0 Å². The number of hydrogen-bond donors (Lipinski definition) is 1. The molecule has 0 aliphatic rings. The molecular weight excluding hydrogens is 450 g/mol. The lowest BCUT2D eigenvalue weighted by atomic mass is 10.1. The van der Waals surface area contributed by atoms with Crippen molar-refractivity contribution in [2.24, 2.45) is 0 Å². The molecule has 146 valence electrons. The molecule has 0 saturated carbocycles. The average Bonchev–Trinajstić information content (AvgIpc) is 2.65. The van der Waals surface area contributed by atoms with Crippen LogP contribution in [-0.2, 0) is 26.2 Å². The quantitative estimate of drug-likeness (QED) is 0.443. The summed E-state index contributed by atoms with van der Waals surface area (Å²) in [5.74, 6) is -0.766. The van der Waals surface area contributed by atoms with E-state index in [4.69, 9.17) is 9.15 Å². The van der Waals surface area contributed by atoms with E-state index in [1.165, 1.54) is 25.1 Å². The number of ether oxygens (including phenoxy) is 1. The molecule has 0 radical (unpaired) electrons. The van der Waals surface area contributed by atoms with Gasteiger partial charge in [0.1, 0.15) is 18.2 Å². The maximum atomic E-state index is 12.3. The van der Waals surface area contributed by atoms with Crippen LogP contribution in [0.2, 0.25) is 0 Å². The monoisotopic (exact) mass is 465 g/mol. The predicted molar refractivity (Wildman–Crippen MR) is 106 cm³/mol. The number of halogens is 1. The van der Waals surface area contributed by atoms with Gasteiger partial charge in [-0.25, -0.2) is 13.2 Å². The summed E-state index contributed by atoms with van der Waals surface area (Å²) in [6.45, 7) is 1.19. The molecule has 7 nitrogen and oxygen atoms in total. The van der Waals surface area contributed by atoms with Gasteiger partial charge in [-0.3, -0.25) is 4.79 Å². The van der Waals surface area contributed by atoms with Crippen LogP contribution in [0, 0.1) is 0 Å². The van der Waals surface area contributed by atoms with E-state index < -0.39 is 27.7 Å². The van der Waals surface area contributed by atoms with E-state index in [-0.39, 0.29) is 11.5 Å². The third-order valence-electron chi connectivity index (χ3n) is 3.90. The zero-order chi connectivity index (χ0) is 20.3. The highest BCUT2D eigenvalue weighted by Gasteiger charge is 2.23. The molecule has 1 N–H and O–H groups in total. The molecule has 9 heteroatoms. The fourth-order valence-electron chi connectivity index (χ4n) is 2.55. The summed E-state index contributed by atoms with van der Waals surface area (Å²) in [4.78, 5) is 24.0. The van der Waals surface area contributed by atoms with Crippen LogP contribution >= 0.6 is 15.9 Å². The SMILES string of the molecule is C[C@H](NS(=O)(=O)c1ccccc1)C(=O)OCc1cc(=O)oc2cc(Br)ccc12. The zero-order valence-corrected chi connectivity index (χ0v) is 17.1. The molecule has 28 heavy (non-hydrogen) atoms. The summed E-state index contributed by atoms with van der Waals surface area (Å²) in [6, 6.07) is 13.0. The van der Waals surface area contributed by atoms with E-state index in [0.717, 1.165) is 4.47 Å². The lowest BCUT2D eigenvalue weighted by molar-refractivity contribution is -0.146. The Balaban J connectivity index is 1.72. The van der Waals surface area contributed by atoms with Gasteiger partial charge in [0, 0.05) is 21.5 Å². The molecule has 0 spiro atoms. The standard InChI is InChI=1S/C19H16BrNO6S/c1-12(21-28(24,25)15-5-3-2-4-6-15)19(23)26-11-13-9-18(22)27-17-10-14(20)7-8-16(13)17/h2-10,12,21H,11H2,1H3/t12-/m0/s1. The van der Waals surface area contributed by atoms with Crippen LogP contribution in [0.15, 0.2) is 73.2 Å². The highest BCUT2D eigenvalue weighted by Crippen LogP contribution is 2.22. The van der Waals surface area contributed by atoms with E-state index in [9.17, 15) is 18.0 Å². The number of fused-ring (bicyclic) bond motifs is 1. The van der Waals surface area contributed by atoms with Crippen LogP contribution < -0.4 is 10.3 Å². The molecule has 2 aromatic carbocycles. The molecule has 0 saturated heterocycles. The van der Waals surface area contributed by atoms with Gasteiger partial charge in [0.15, 0.2) is 0 Å². The first-order valence-corrected chi connectivity index (χ1v) is 10.5. The van der Waals surface area contributed by atoms with Crippen molar-refractivity contribution < 1.29 is 22.4 Å². The number of benzene rings is 2. The van der Waals surface area contributed by atoms with E-state index in [1.807, 2.05) is 0 Å². The summed E-state index contributed by atoms with van der Waals surface area (Å²) in [5.41, 5.74) is 0.241. The Morgan fingerprint density at radius 1 is 1.18 bits per heavy atom. The second-order valence-electron chi connectivity index (χ2n) is 5.99. The summed E-state index contributed by atoms with van der Waals surface area (Å²) in [6.07, 6.45) is 0. The Bertz CT molecular complexity index is 1170. The Kier molecular flexibility index (Phi) is 5.97. The molecule has 1 atom stereocenters. The van der Waals surface area contributed by atoms with Gasteiger partial charge in [0.2, 0.25) is 10.0 Å². The molecule has 0 unspecified atom stereocenters. The molecule has 0 bridgehead atoms. The summed E-state index contributed by atoms with van der Waals surface area (Å²) >= 11 is 3.30. The zero-order valence-electron chi connectivity index (χ0n) is 14.7. The average molecular weight is 466 g/mol. The fraction of sp³-hybridized carbons (Fsp3) is 0.158. The summed E-state index contributed by atoms with van der Waals surface area (Å²) in [5, 5.41) is 0.619. The minimum absolute atomic E-state index is 0.0480. The van der Waals surface area contributed by atoms with Crippen molar-refractivity contribution in [3.63, 3.8) is 0 Å². The van der Waals surface area contributed by atoms with E-state index in [1.54, 1.807) is 36.4 Å².